The van der Waals surface area contributed by atoms with E-state index in [-0.39, 0.29) is 52.4 Å². The minimum absolute atomic E-state index is 0.0419. The van der Waals surface area contributed by atoms with Crippen LogP contribution in [-0.4, -0.2) is 85.6 Å². The van der Waals surface area contributed by atoms with Crippen LogP contribution >= 0.6 is 0 Å². The van der Waals surface area contributed by atoms with Crippen LogP contribution in [0.3, 0.4) is 0 Å². The summed E-state index contributed by atoms with van der Waals surface area (Å²) in [6, 6.07) is 7.46. The number of benzene rings is 1. The third-order valence-corrected chi connectivity index (χ3v) is 17.0. The van der Waals surface area contributed by atoms with Crippen molar-refractivity contribution in [3.05, 3.63) is 53.6 Å². The summed E-state index contributed by atoms with van der Waals surface area (Å²) in [5.41, 5.74) is 3.57. The number of aliphatic carboxylic acids is 1. The van der Waals surface area contributed by atoms with E-state index in [2.05, 4.69) is 57.5 Å². The number of carbonyl (C=O) groups is 3. The maximum Gasteiger partial charge on any atom is 0.335 e. The normalized spacial score (nSPS) is 38.1. The van der Waals surface area contributed by atoms with Gasteiger partial charge in [-0.2, -0.15) is 0 Å². The molecule has 4 saturated carbocycles. The van der Waals surface area contributed by atoms with E-state index in [1.807, 2.05) is 12.1 Å². The summed E-state index contributed by atoms with van der Waals surface area (Å²) in [7, 11) is 0. The smallest absolute Gasteiger partial charge is 0.335 e. The molecule has 5 fully saturated rings. The summed E-state index contributed by atoms with van der Waals surface area (Å²) < 4.78 is 11.8. The number of nitrogens with one attached hydrogen (secondary N) is 1. The number of carbonyl (C=O) groups excluding carboxylic acids is 1. The summed E-state index contributed by atoms with van der Waals surface area (Å²) in [6.45, 7) is 22.9. The Labute approximate surface area is 328 Å². The van der Waals surface area contributed by atoms with Gasteiger partial charge in [0.05, 0.1) is 43.8 Å². The first kappa shape index (κ1) is 40.2. The SMILES string of the molecule is C=C(COCCN1CCOCC1)[C@@H]1CC[C@]2(C(=O)NCCC(=O)O)CC[C@]3(C)[C@H](CC[C@@H]4[C@@]5(C)CC=C(c6ccc(C(=O)O)cc6)C(C)(C)[C@@H]5CC[C@]43C)[C@@H]12. The van der Waals surface area contributed by atoms with E-state index in [0.29, 0.717) is 36.5 Å². The number of fused-ring (bicyclic) bond motifs is 7. The number of ether oxygens (including phenoxy) is 2. The highest BCUT2D eigenvalue weighted by Gasteiger charge is 2.71. The van der Waals surface area contributed by atoms with Crippen molar-refractivity contribution in [2.24, 2.45) is 56.7 Å². The zero-order valence-electron chi connectivity index (χ0n) is 34.1. The minimum Gasteiger partial charge on any atom is -0.481 e. The van der Waals surface area contributed by atoms with Gasteiger partial charge in [0.15, 0.2) is 0 Å². The first-order valence-electron chi connectivity index (χ1n) is 21.2. The molecule has 0 spiro atoms. The van der Waals surface area contributed by atoms with Crippen LogP contribution in [0.1, 0.15) is 115 Å². The Bertz CT molecular complexity index is 1680. The zero-order valence-corrected chi connectivity index (χ0v) is 34.1. The lowest BCUT2D eigenvalue weighted by molar-refractivity contribution is -0.225. The van der Waals surface area contributed by atoms with Crippen molar-refractivity contribution in [1.82, 2.24) is 10.2 Å². The van der Waals surface area contributed by atoms with Gasteiger partial charge in [0.2, 0.25) is 5.91 Å². The van der Waals surface area contributed by atoms with Crippen LogP contribution in [0.2, 0.25) is 0 Å². The fraction of sp³-hybridized carbons (Fsp3) is 0.717. The number of morpholine rings is 1. The van der Waals surface area contributed by atoms with Crippen molar-refractivity contribution < 1.29 is 34.1 Å². The number of hydrogen-bond donors (Lipinski definition) is 3. The second-order valence-corrected chi connectivity index (χ2v) is 19.5. The molecule has 7 rings (SSSR count). The van der Waals surface area contributed by atoms with Gasteiger partial charge in [-0.25, -0.2) is 4.79 Å². The Morgan fingerprint density at radius 1 is 0.909 bits per heavy atom. The molecule has 1 aromatic rings. The van der Waals surface area contributed by atoms with Gasteiger partial charge in [-0.15, -0.1) is 0 Å². The molecule has 1 saturated heterocycles. The number of aromatic carboxylic acids is 1. The summed E-state index contributed by atoms with van der Waals surface area (Å²) >= 11 is 0. The van der Waals surface area contributed by atoms with E-state index in [0.717, 1.165) is 102 Å². The standard InChI is InChI=1S/C46H66N2O7/c1-30(29-55-28-25-48-23-26-54-27-24-48)33-13-19-46(41(53)47-22-16-38(49)50)21-20-44(5)35(39(33)46)11-12-37-43(4)17-14-34(31-7-9-32(10-8-31)40(51)52)42(2,3)36(43)15-18-45(37,44)6/h7-10,14,33,35-37,39H,1,11-13,15-29H2,2-6H3,(H,47,53)(H,49,50)(H,51,52)/t33-,35+,36-,37+,39+,43-,44+,45+,46-/m0/s1. The molecule has 0 unspecified atom stereocenters. The fourth-order valence-corrected chi connectivity index (χ4v) is 14.1. The molecule has 0 bridgehead atoms. The number of amides is 1. The summed E-state index contributed by atoms with van der Waals surface area (Å²) in [5.74, 6) is -0.00195. The number of allylic oxidation sites excluding steroid dienone is 2. The van der Waals surface area contributed by atoms with Gasteiger partial charge in [0.1, 0.15) is 0 Å². The Hall–Kier alpha value is -3.01. The van der Waals surface area contributed by atoms with Crippen molar-refractivity contribution in [3.63, 3.8) is 0 Å². The van der Waals surface area contributed by atoms with Crippen molar-refractivity contribution in [2.75, 3.05) is 52.6 Å². The molecule has 0 aromatic heterocycles. The lowest BCUT2D eigenvalue weighted by Gasteiger charge is -2.72. The number of carboxylic acid groups (broad SMARTS) is 2. The molecule has 5 aliphatic carbocycles. The van der Waals surface area contributed by atoms with Crippen LogP contribution in [0.25, 0.3) is 5.57 Å². The van der Waals surface area contributed by atoms with Crippen molar-refractivity contribution in [3.8, 4) is 0 Å². The molecule has 302 valence electrons. The highest BCUT2D eigenvalue weighted by atomic mass is 16.5. The van der Waals surface area contributed by atoms with Crippen LogP contribution in [0.4, 0.5) is 0 Å². The molecular weight excluding hydrogens is 693 g/mol. The average Bonchev–Trinajstić information content (AvgIpc) is 3.55. The van der Waals surface area contributed by atoms with E-state index in [9.17, 15) is 24.6 Å². The molecule has 9 atom stereocenters. The third kappa shape index (κ3) is 6.72. The van der Waals surface area contributed by atoms with Crippen molar-refractivity contribution in [2.45, 2.75) is 98.8 Å². The Kier molecular flexibility index (Phi) is 11.0. The quantitative estimate of drug-likeness (QED) is 0.145. The van der Waals surface area contributed by atoms with E-state index in [1.54, 1.807) is 12.1 Å². The lowest BCUT2D eigenvalue weighted by Crippen LogP contribution is -2.66. The van der Waals surface area contributed by atoms with E-state index < -0.39 is 17.4 Å². The van der Waals surface area contributed by atoms with E-state index >= 15 is 0 Å². The van der Waals surface area contributed by atoms with Gasteiger partial charge in [0, 0.05) is 26.2 Å². The Balaban J connectivity index is 1.15. The van der Waals surface area contributed by atoms with Crippen molar-refractivity contribution >= 4 is 23.4 Å². The fourth-order valence-electron chi connectivity index (χ4n) is 14.1. The number of rotatable bonds is 12. The summed E-state index contributed by atoms with van der Waals surface area (Å²) in [4.78, 5) is 39.8. The predicted octanol–water partition coefficient (Wildman–Crippen LogP) is 7.96. The first-order chi connectivity index (χ1) is 26.1. The van der Waals surface area contributed by atoms with Gasteiger partial charge in [-0.3, -0.25) is 14.5 Å². The van der Waals surface area contributed by atoms with E-state index in [1.165, 1.54) is 5.57 Å². The highest BCUT2D eigenvalue weighted by Crippen LogP contribution is 2.77. The number of hydrogen-bond acceptors (Lipinski definition) is 6. The third-order valence-electron chi connectivity index (χ3n) is 17.0. The summed E-state index contributed by atoms with van der Waals surface area (Å²) in [6.07, 6.45) is 11.5. The molecular formula is C46H66N2O7. The van der Waals surface area contributed by atoms with Gasteiger partial charge in [-0.1, -0.05) is 59.4 Å². The van der Waals surface area contributed by atoms with Crippen LogP contribution in [0.5, 0.6) is 0 Å². The zero-order chi connectivity index (χ0) is 39.4. The van der Waals surface area contributed by atoms with Gasteiger partial charge in [0.25, 0.3) is 0 Å². The molecule has 1 amide bonds. The van der Waals surface area contributed by atoms with Gasteiger partial charge in [-0.05, 0) is 138 Å². The lowest BCUT2D eigenvalue weighted by atomic mass is 9.32. The maximum absolute atomic E-state index is 14.4. The Morgan fingerprint density at radius 2 is 1.64 bits per heavy atom. The van der Waals surface area contributed by atoms with Gasteiger partial charge < -0.3 is 25.0 Å². The minimum atomic E-state index is -0.897. The van der Waals surface area contributed by atoms with Crippen LogP contribution in [0.15, 0.2) is 42.5 Å². The van der Waals surface area contributed by atoms with Crippen molar-refractivity contribution in [1.29, 1.82) is 0 Å². The molecule has 1 aliphatic heterocycles. The summed E-state index contributed by atoms with van der Waals surface area (Å²) in [5, 5.41) is 22.0. The highest BCUT2D eigenvalue weighted by molar-refractivity contribution is 5.88. The maximum atomic E-state index is 14.4. The van der Waals surface area contributed by atoms with Crippen LogP contribution in [-0.2, 0) is 19.1 Å². The molecule has 55 heavy (non-hydrogen) atoms. The average molecular weight is 759 g/mol. The largest absolute Gasteiger partial charge is 0.481 e. The molecule has 9 heteroatoms. The monoisotopic (exact) mass is 758 g/mol. The molecule has 3 N–H and O–H groups in total. The predicted molar refractivity (Wildman–Crippen MR) is 213 cm³/mol. The van der Waals surface area contributed by atoms with Gasteiger partial charge >= 0.3 is 11.9 Å². The molecule has 1 aromatic carbocycles. The second kappa shape index (κ2) is 15.1. The molecule has 0 radical (unpaired) electrons. The van der Waals surface area contributed by atoms with Crippen LogP contribution < -0.4 is 5.32 Å². The first-order valence-corrected chi connectivity index (χ1v) is 21.2. The number of nitrogens with zero attached hydrogens (tertiary/aromatic N) is 1. The Morgan fingerprint density at radius 3 is 2.33 bits per heavy atom. The molecule has 6 aliphatic rings. The molecule has 9 nitrogen and oxygen atoms in total. The topological polar surface area (TPSA) is 125 Å². The van der Waals surface area contributed by atoms with Crippen LogP contribution in [0, 0.1) is 56.7 Å². The van der Waals surface area contributed by atoms with E-state index in [4.69, 9.17) is 9.47 Å². The number of carboxylic acids is 2. The molecule has 1 heterocycles. The second-order valence-electron chi connectivity index (χ2n) is 19.5.